The maximum atomic E-state index is 12.2. The van der Waals surface area contributed by atoms with Crippen LogP contribution in [0.4, 0.5) is 13.2 Å². The molecule has 1 aromatic rings. The largest absolute Gasteiger partial charge is 0.418 e. The monoisotopic (exact) mass is 208 g/mol. The second-order valence-electron chi connectivity index (χ2n) is 3.15. The molecule has 0 fully saturated rings. The van der Waals surface area contributed by atoms with Gasteiger partial charge in [-0.05, 0) is 13.8 Å². The summed E-state index contributed by atoms with van der Waals surface area (Å²) in [6.45, 7) is 2.93. The van der Waals surface area contributed by atoms with Gasteiger partial charge in [-0.2, -0.15) is 18.3 Å². The Morgan fingerprint density at radius 3 is 2.14 bits per heavy atom. The number of aliphatic hydroxyl groups excluding tert-OH is 1. The Balaban J connectivity index is 3.19. The molecule has 1 N–H and O–H groups in total. The molecule has 0 saturated heterocycles. The zero-order valence-electron chi connectivity index (χ0n) is 8.05. The molecule has 0 saturated carbocycles. The number of aliphatic hydroxyl groups is 1. The Morgan fingerprint density at radius 1 is 1.36 bits per heavy atom. The Morgan fingerprint density at radius 2 is 1.86 bits per heavy atom. The maximum Gasteiger partial charge on any atom is 0.418 e. The summed E-state index contributed by atoms with van der Waals surface area (Å²) in [4.78, 5) is 0. The highest BCUT2D eigenvalue weighted by molar-refractivity contribution is 5.27. The Kier molecular flexibility index (Phi) is 2.58. The van der Waals surface area contributed by atoms with Gasteiger partial charge in [-0.3, -0.25) is 4.68 Å². The molecule has 0 aliphatic carbocycles. The third-order valence-corrected chi connectivity index (χ3v) is 2.15. The second-order valence-corrected chi connectivity index (χ2v) is 3.15. The SMILES string of the molecule is Cc1nn(C)c(C)c1[C@H](O)C(F)(F)F. The number of halogens is 3. The normalized spacial score (nSPS) is 14.5. The summed E-state index contributed by atoms with van der Waals surface area (Å²) in [7, 11) is 1.54. The van der Waals surface area contributed by atoms with Crippen LogP contribution < -0.4 is 0 Å². The van der Waals surface area contributed by atoms with Crippen molar-refractivity contribution in [1.82, 2.24) is 9.78 Å². The Hall–Kier alpha value is -1.04. The van der Waals surface area contributed by atoms with Crippen molar-refractivity contribution in [3.05, 3.63) is 17.0 Å². The summed E-state index contributed by atoms with van der Waals surface area (Å²) in [6, 6.07) is 0. The fourth-order valence-corrected chi connectivity index (χ4v) is 1.35. The number of alkyl halides is 3. The minimum absolute atomic E-state index is 0.153. The first-order valence-electron chi connectivity index (χ1n) is 4.00. The van der Waals surface area contributed by atoms with Crippen molar-refractivity contribution in [3.63, 3.8) is 0 Å². The third kappa shape index (κ3) is 1.75. The topological polar surface area (TPSA) is 38.0 Å². The van der Waals surface area contributed by atoms with Crippen LogP contribution in [0.2, 0.25) is 0 Å². The van der Waals surface area contributed by atoms with Gasteiger partial charge < -0.3 is 5.11 Å². The van der Waals surface area contributed by atoms with Crippen LogP contribution in [0.1, 0.15) is 23.1 Å². The number of rotatable bonds is 1. The van der Waals surface area contributed by atoms with Crippen molar-refractivity contribution < 1.29 is 18.3 Å². The summed E-state index contributed by atoms with van der Waals surface area (Å²) < 4.78 is 38.0. The summed E-state index contributed by atoms with van der Waals surface area (Å²) in [5.74, 6) is 0. The van der Waals surface area contributed by atoms with Crippen LogP contribution in [0.5, 0.6) is 0 Å². The van der Waals surface area contributed by atoms with E-state index in [0.717, 1.165) is 0 Å². The highest BCUT2D eigenvalue weighted by Crippen LogP contribution is 2.35. The molecule has 0 aliphatic heterocycles. The molecule has 0 aromatic carbocycles. The van der Waals surface area contributed by atoms with Gasteiger partial charge in [-0.25, -0.2) is 0 Å². The molecule has 1 atom stereocenters. The molecule has 80 valence electrons. The van der Waals surface area contributed by atoms with Crippen LogP contribution in [-0.4, -0.2) is 21.1 Å². The van der Waals surface area contributed by atoms with Gasteiger partial charge in [0.2, 0.25) is 0 Å². The quantitative estimate of drug-likeness (QED) is 0.761. The summed E-state index contributed by atoms with van der Waals surface area (Å²) in [5, 5.41) is 12.9. The van der Waals surface area contributed by atoms with Crippen molar-refractivity contribution in [1.29, 1.82) is 0 Å². The van der Waals surface area contributed by atoms with E-state index in [1.54, 1.807) is 0 Å². The maximum absolute atomic E-state index is 12.2. The number of aromatic nitrogens is 2. The van der Waals surface area contributed by atoms with Gasteiger partial charge in [0, 0.05) is 18.3 Å². The van der Waals surface area contributed by atoms with Crippen molar-refractivity contribution in [3.8, 4) is 0 Å². The lowest BCUT2D eigenvalue weighted by Crippen LogP contribution is -2.21. The number of hydrogen-bond donors (Lipinski definition) is 1. The molecule has 3 nitrogen and oxygen atoms in total. The van der Waals surface area contributed by atoms with Gasteiger partial charge in [0.05, 0.1) is 5.69 Å². The zero-order valence-corrected chi connectivity index (χ0v) is 8.05. The predicted octanol–water partition coefficient (Wildman–Crippen LogP) is 1.63. The van der Waals surface area contributed by atoms with Gasteiger partial charge in [0.25, 0.3) is 0 Å². The smallest absolute Gasteiger partial charge is 0.379 e. The lowest BCUT2D eigenvalue weighted by Gasteiger charge is -2.14. The molecular weight excluding hydrogens is 197 g/mol. The highest BCUT2D eigenvalue weighted by atomic mass is 19.4. The van der Waals surface area contributed by atoms with E-state index in [2.05, 4.69) is 5.10 Å². The van der Waals surface area contributed by atoms with Crippen molar-refractivity contribution in [2.75, 3.05) is 0 Å². The van der Waals surface area contributed by atoms with Crippen LogP contribution in [0.15, 0.2) is 0 Å². The van der Waals surface area contributed by atoms with Crippen LogP contribution >= 0.6 is 0 Å². The minimum Gasteiger partial charge on any atom is -0.379 e. The number of aryl methyl sites for hydroxylation is 2. The standard InChI is InChI=1S/C8H11F3N2O/c1-4-6(5(2)13(3)12-4)7(14)8(9,10)11/h7,14H,1-3H3/t7-/m0/s1. The van der Waals surface area contributed by atoms with Crippen LogP contribution in [0.3, 0.4) is 0 Å². The van der Waals surface area contributed by atoms with E-state index in [1.807, 2.05) is 0 Å². The first-order chi connectivity index (χ1) is 6.25. The van der Waals surface area contributed by atoms with E-state index >= 15 is 0 Å². The van der Waals surface area contributed by atoms with Gasteiger partial charge in [0.1, 0.15) is 0 Å². The van der Waals surface area contributed by atoms with E-state index in [-0.39, 0.29) is 11.3 Å². The van der Waals surface area contributed by atoms with Crippen molar-refractivity contribution in [2.24, 2.45) is 7.05 Å². The molecule has 0 unspecified atom stereocenters. The van der Waals surface area contributed by atoms with Crippen LogP contribution in [-0.2, 0) is 7.05 Å². The minimum atomic E-state index is -4.64. The average molecular weight is 208 g/mol. The van der Waals surface area contributed by atoms with Crippen molar-refractivity contribution >= 4 is 0 Å². The van der Waals surface area contributed by atoms with Crippen LogP contribution in [0, 0.1) is 13.8 Å². The van der Waals surface area contributed by atoms with Gasteiger partial charge in [-0.15, -0.1) is 0 Å². The van der Waals surface area contributed by atoms with E-state index < -0.39 is 12.3 Å². The third-order valence-electron chi connectivity index (χ3n) is 2.15. The summed E-state index contributed by atoms with van der Waals surface area (Å²) >= 11 is 0. The molecule has 1 aromatic heterocycles. The molecule has 6 heteroatoms. The fraction of sp³-hybridized carbons (Fsp3) is 0.625. The predicted molar refractivity (Wildman–Crippen MR) is 43.7 cm³/mol. The summed E-state index contributed by atoms with van der Waals surface area (Å²) in [5.41, 5.74) is 0.377. The molecule has 1 heterocycles. The molecule has 14 heavy (non-hydrogen) atoms. The number of nitrogens with zero attached hydrogens (tertiary/aromatic N) is 2. The Labute approximate surface area is 79.2 Å². The van der Waals surface area contributed by atoms with Crippen molar-refractivity contribution in [2.45, 2.75) is 26.1 Å². The van der Waals surface area contributed by atoms with Gasteiger partial charge >= 0.3 is 6.18 Å². The molecule has 0 aliphatic rings. The lowest BCUT2D eigenvalue weighted by atomic mass is 10.1. The number of hydrogen-bond acceptors (Lipinski definition) is 2. The molecule has 0 spiro atoms. The van der Waals surface area contributed by atoms with E-state index in [4.69, 9.17) is 5.11 Å². The second kappa shape index (κ2) is 3.27. The molecule has 1 rings (SSSR count). The van der Waals surface area contributed by atoms with E-state index in [0.29, 0.717) is 5.69 Å². The fourth-order valence-electron chi connectivity index (χ4n) is 1.35. The average Bonchev–Trinajstić information content (AvgIpc) is 2.24. The summed E-state index contributed by atoms with van der Waals surface area (Å²) in [6.07, 6.45) is -7.09. The zero-order chi connectivity index (χ0) is 11.1. The van der Waals surface area contributed by atoms with E-state index in [1.165, 1.54) is 25.6 Å². The molecule has 0 radical (unpaired) electrons. The first kappa shape index (κ1) is 11.0. The lowest BCUT2D eigenvalue weighted by molar-refractivity contribution is -0.207. The first-order valence-corrected chi connectivity index (χ1v) is 4.00. The van der Waals surface area contributed by atoms with Gasteiger partial charge in [-0.1, -0.05) is 0 Å². The Bertz CT molecular complexity index is 343. The highest BCUT2D eigenvalue weighted by Gasteiger charge is 2.42. The molecular formula is C8H11F3N2O. The van der Waals surface area contributed by atoms with Crippen LogP contribution in [0.25, 0.3) is 0 Å². The molecule has 0 amide bonds. The van der Waals surface area contributed by atoms with E-state index in [9.17, 15) is 13.2 Å². The molecule has 0 bridgehead atoms. The van der Waals surface area contributed by atoms with Gasteiger partial charge in [0.15, 0.2) is 6.10 Å².